The van der Waals surface area contributed by atoms with Gasteiger partial charge in [0, 0.05) is 65.7 Å². The van der Waals surface area contributed by atoms with E-state index < -0.39 is 0 Å². The van der Waals surface area contributed by atoms with Crippen LogP contribution in [-0.4, -0.2) is 31.1 Å². The van der Waals surface area contributed by atoms with Gasteiger partial charge in [0.05, 0.1) is 0 Å². The lowest BCUT2D eigenvalue weighted by Gasteiger charge is -2.30. The van der Waals surface area contributed by atoms with Crippen LogP contribution in [-0.2, 0) is 13.0 Å². The molecule has 0 saturated heterocycles. The molecule has 0 radical (unpaired) electrons. The number of aromatic nitrogens is 5. The van der Waals surface area contributed by atoms with Crippen LogP contribution in [0.25, 0.3) is 16.8 Å². The highest BCUT2D eigenvalue weighted by Crippen LogP contribution is 2.28. The second-order valence-corrected chi connectivity index (χ2v) is 8.24. The molecular weight excluding hydrogens is 388 g/mol. The van der Waals surface area contributed by atoms with Crippen molar-refractivity contribution in [1.82, 2.24) is 24.6 Å². The highest BCUT2D eigenvalue weighted by atomic mass is 16.1. The molecule has 31 heavy (non-hydrogen) atoms. The van der Waals surface area contributed by atoms with Gasteiger partial charge in [-0.15, -0.1) is 5.10 Å². The molecule has 5 rings (SSSR count). The van der Waals surface area contributed by atoms with Crippen LogP contribution in [0.4, 0.5) is 5.82 Å². The van der Waals surface area contributed by atoms with Gasteiger partial charge in [-0.05, 0) is 57.0 Å². The summed E-state index contributed by atoms with van der Waals surface area (Å²) in [4.78, 5) is 28.6. The fourth-order valence-electron chi connectivity index (χ4n) is 4.06. The van der Waals surface area contributed by atoms with Crippen molar-refractivity contribution in [3.8, 4) is 11.1 Å². The SMILES string of the molecule is Cc1ccc(-c2cnc3c(c2)CN(c2nn4c(=O)c(C)c(C)nc4cc2C)CC3)cn1. The van der Waals surface area contributed by atoms with E-state index in [2.05, 4.69) is 27.0 Å². The van der Waals surface area contributed by atoms with Crippen LogP contribution < -0.4 is 10.5 Å². The van der Waals surface area contributed by atoms with Gasteiger partial charge in [-0.1, -0.05) is 6.07 Å². The first-order valence-corrected chi connectivity index (χ1v) is 10.4. The molecule has 0 unspecified atom stereocenters. The summed E-state index contributed by atoms with van der Waals surface area (Å²) in [6.45, 7) is 9.15. The average molecular weight is 412 g/mol. The van der Waals surface area contributed by atoms with Crippen LogP contribution in [0.2, 0.25) is 0 Å². The minimum absolute atomic E-state index is 0.114. The first-order chi connectivity index (χ1) is 14.9. The van der Waals surface area contributed by atoms with Gasteiger partial charge in [-0.2, -0.15) is 4.52 Å². The van der Waals surface area contributed by atoms with Gasteiger partial charge in [-0.3, -0.25) is 14.8 Å². The Balaban J connectivity index is 1.53. The van der Waals surface area contributed by atoms with Crippen LogP contribution in [0.5, 0.6) is 0 Å². The number of hydrogen-bond acceptors (Lipinski definition) is 6. The largest absolute Gasteiger partial charge is 0.350 e. The van der Waals surface area contributed by atoms with E-state index in [0.29, 0.717) is 17.8 Å². The zero-order chi connectivity index (χ0) is 21.7. The van der Waals surface area contributed by atoms with Gasteiger partial charge in [0.2, 0.25) is 0 Å². The Kier molecular flexibility index (Phi) is 4.54. The standard InChI is InChI=1S/C24H24N6O/c1-14-9-22-27-17(4)16(3)24(31)30(22)28-23(14)29-8-7-21-20(13-29)10-19(12-26-21)18-6-5-15(2)25-11-18/h5-6,9-12H,7-8,13H2,1-4H3. The molecular formula is C24H24N6O. The molecule has 4 aromatic heterocycles. The number of fused-ring (bicyclic) bond motifs is 2. The molecule has 7 heteroatoms. The number of aryl methyl sites for hydroxylation is 3. The number of anilines is 1. The van der Waals surface area contributed by atoms with Gasteiger partial charge in [0.25, 0.3) is 5.56 Å². The van der Waals surface area contributed by atoms with Crippen molar-refractivity contribution in [2.24, 2.45) is 0 Å². The van der Waals surface area contributed by atoms with E-state index in [0.717, 1.165) is 52.6 Å². The molecule has 0 aliphatic carbocycles. The summed E-state index contributed by atoms with van der Waals surface area (Å²) in [7, 11) is 0. The van der Waals surface area contributed by atoms with Crippen LogP contribution in [0, 0.1) is 27.7 Å². The quantitative estimate of drug-likeness (QED) is 0.503. The number of rotatable bonds is 2. The molecule has 0 amide bonds. The molecule has 1 aliphatic rings. The van der Waals surface area contributed by atoms with Gasteiger partial charge >= 0.3 is 0 Å². The molecule has 0 aromatic carbocycles. The van der Waals surface area contributed by atoms with Crippen LogP contribution >= 0.6 is 0 Å². The predicted octanol–water partition coefficient (Wildman–Crippen LogP) is 3.34. The monoisotopic (exact) mass is 412 g/mol. The van der Waals surface area contributed by atoms with E-state index in [9.17, 15) is 4.79 Å². The average Bonchev–Trinajstić information content (AvgIpc) is 2.77. The third-order valence-electron chi connectivity index (χ3n) is 6.03. The minimum Gasteiger partial charge on any atom is -0.350 e. The summed E-state index contributed by atoms with van der Waals surface area (Å²) in [5, 5.41) is 4.70. The number of pyridine rings is 2. The maximum Gasteiger partial charge on any atom is 0.277 e. The van der Waals surface area contributed by atoms with E-state index in [4.69, 9.17) is 10.1 Å². The smallest absolute Gasteiger partial charge is 0.277 e. The number of hydrogen-bond donors (Lipinski definition) is 0. The fraction of sp³-hybridized carbons (Fsp3) is 0.292. The Labute approximate surface area is 180 Å². The second-order valence-electron chi connectivity index (χ2n) is 8.24. The first-order valence-electron chi connectivity index (χ1n) is 10.4. The van der Waals surface area contributed by atoms with Crippen molar-refractivity contribution in [3.63, 3.8) is 0 Å². The summed E-state index contributed by atoms with van der Waals surface area (Å²) in [5.74, 6) is 0.813. The summed E-state index contributed by atoms with van der Waals surface area (Å²) in [6, 6.07) is 8.22. The van der Waals surface area contributed by atoms with Gasteiger partial charge < -0.3 is 4.90 Å². The molecule has 1 aliphatic heterocycles. The fourth-order valence-corrected chi connectivity index (χ4v) is 4.06. The molecule has 4 aromatic rings. The lowest BCUT2D eigenvalue weighted by Crippen LogP contribution is -2.33. The van der Waals surface area contributed by atoms with Gasteiger partial charge in [-0.25, -0.2) is 4.98 Å². The maximum atomic E-state index is 12.7. The molecule has 156 valence electrons. The van der Waals surface area contributed by atoms with E-state index in [1.54, 1.807) is 6.92 Å². The zero-order valence-corrected chi connectivity index (χ0v) is 18.2. The first kappa shape index (κ1) is 19.4. The highest BCUT2D eigenvalue weighted by molar-refractivity contribution is 5.63. The Morgan fingerprint density at radius 1 is 0.968 bits per heavy atom. The third kappa shape index (κ3) is 3.36. The molecule has 0 fully saturated rings. The molecule has 0 atom stereocenters. The molecule has 0 spiro atoms. The van der Waals surface area contributed by atoms with E-state index in [1.165, 1.54) is 10.1 Å². The molecule has 0 bridgehead atoms. The Morgan fingerprint density at radius 2 is 1.77 bits per heavy atom. The molecule has 0 saturated carbocycles. The summed E-state index contributed by atoms with van der Waals surface area (Å²) in [5.41, 5.74) is 8.25. The summed E-state index contributed by atoms with van der Waals surface area (Å²) < 4.78 is 1.42. The van der Waals surface area contributed by atoms with Crippen LogP contribution in [0.3, 0.4) is 0 Å². The minimum atomic E-state index is -0.114. The van der Waals surface area contributed by atoms with Crippen molar-refractivity contribution in [1.29, 1.82) is 0 Å². The molecule has 0 N–H and O–H groups in total. The lowest BCUT2D eigenvalue weighted by atomic mass is 10.0. The number of nitrogens with zero attached hydrogens (tertiary/aromatic N) is 6. The van der Waals surface area contributed by atoms with Crippen molar-refractivity contribution in [2.75, 3.05) is 11.4 Å². The maximum absolute atomic E-state index is 12.7. The Bertz CT molecular complexity index is 1370. The van der Waals surface area contributed by atoms with Gasteiger partial charge in [0.1, 0.15) is 0 Å². The Hall–Kier alpha value is -3.61. The van der Waals surface area contributed by atoms with E-state index in [1.807, 2.05) is 45.3 Å². The van der Waals surface area contributed by atoms with Crippen molar-refractivity contribution in [3.05, 3.63) is 80.8 Å². The van der Waals surface area contributed by atoms with E-state index >= 15 is 0 Å². The molecule has 7 nitrogen and oxygen atoms in total. The van der Waals surface area contributed by atoms with Gasteiger partial charge in [0.15, 0.2) is 11.5 Å². The zero-order valence-electron chi connectivity index (χ0n) is 18.2. The van der Waals surface area contributed by atoms with Crippen molar-refractivity contribution in [2.45, 2.75) is 40.7 Å². The Morgan fingerprint density at radius 3 is 2.55 bits per heavy atom. The summed E-state index contributed by atoms with van der Waals surface area (Å²) in [6.07, 6.45) is 4.65. The van der Waals surface area contributed by atoms with Crippen molar-refractivity contribution >= 4 is 11.5 Å². The third-order valence-corrected chi connectivity index (χ3v) is 6.03. The van der Waals surface area contributed by atoms with Crippen LogP contribution in [0.1, 0.15) is 33.8 Å². The summed E-state index contributed by atoms with van der Waals surface area (Å²) >= 11 is 0. The normalized spacial score (nSPS) is 13.5. The van der Waals surface area contributed by atoms with Crippen LogP contribution in [0.15, 0.2) is 41.5 Å². The predicted molar refractivity (Wildman–Crippen MR) is 120 cm³/mol. The van der Waals surface area contributed by atoms with E-state index in [-0.39, 0.29) is 5.56 Å². The van der Waals surface area contributed by atoms with Crippen molar-refractivity contribution < 1.29 is 0 Å². The molecule has 5 heterocycles. The second kappa shape index (κ2) is 7.27. The highest BCUT2D eigenvalue weighted by Gasteiger charge is 2.22. The topological polar surface area (TPSA) is 76.3 Å². The lowest BCUT2D eigenvalue weighted by molar-refractivity contribution is 0.684.